The number of H-pyrrole nitrogens is 1. The summed E-state index contributed by atoms with van der Waals surface area (Å²) in [6.07, 6.45) is 13.4. The predicted octanol–water partition coefficient (Wildman–Crippen LogP) is 7.12. The van der Waals surface area contributed by atoms with Gasteiger partial charge in [-0.25, -0.2) is 0 Å². The Morgan fingerprint density at radius 3 is 2.83 bits per heavy atom. The largest absolute Gasteiger partial charge is 0.431 e. The number of nitrogens with one attached hydrogen (secondary N) is 2. The molecule has 3 aromatic carbocycles. The van der Waals surface area contributed by atoms with Crippen LogP contribution < -0.4 is 15.0 Å². The van der Waals surface area contributed by atoms with Gasteiger partial charge in [-0.05, 0) is 103 Å². The van der Waals surface area contributed by atoms with Crippen molar-refractivity contribution >= 4 is 68.8 Å². The monoisotopic (exact) mass is 583 g/mol. The summed E-state index contributed by atoms with van der Waals surface area (Å²) in [5.74, 6) is 0.681. The van der Waals surface area contributed by atoms with Crippen LogP contribution in [0.1, 0.15) is 47.3 Å². The second-order valence-electron chi connectivity index (χ2n) is 10.9. The minimum absolute atomic E-state index is 0. The third-order valence-electron chi connectivity index (χ3n) is 8.53. The molecule has 0 spiro atoms. The van der Waals surface area contributed by atoms with Crippen LogP contribution in [0, 0.1) is 0 Å². The van der Waals surface area contributed by atoms with Gasteiger partial charge < -0.3 is 25.4 Å². The van der Waals surface area contributed by atoms with Crippen molar-refractivity contribution in [3.05, 3.63) is 100 Å². The second-order valence-corrected chi connectivity index (χ2v) is 11.3. The van der Waals surface area contributed by atoms with Crippen LogP contribution in [0.2, 0.25) is 0 Å². The number of carbonyl (C=O) groups excluding carboxylic acids is 1. The molecule has 4 aliphatic rings. The second kappa shape index (κ2) is 10.5. The molecule has 2 aliphatic heterocycles. The number of rotatable bonds is 4. The summed E-state index contributed by atoms with van der Waals surface area (Å²) in [7, 11) is 0. The topological polar surface area (TPSA) is 88.9 Å². The maximum Gasteiger partial charge on any atom is 0.274 e. The highest BCUT2D eigenvalue weighted by atomic mass is 35.5. The van der Waals surface area contributed by atoms with E-state index in [-0.39, 0.29) is 23.8 Å². The maximum atomic E-state index is 13.8. The summed E-state index contributed by atoms with van der Waals surface area (Å²) in [5, 5.41) is 6.69. The van der Waals surface area contributed by atoms with E-state index in [4.69, 9.17) is 17.0 Å². The zero-order chi connectivity index (χ0) is 26.1. The molecule has 8 heteroatoms. The Kier molecular flexibility index (Phi) is 6.98. The molecule has 3 heterocycles. The molecule has 2 aliphatic carbocycles. The van der Waals surface area contributed by atoms with Crippen molar-refractivity contribution in [2.75, 3.05) is 16.8 Å². The summed E-state index contributed by atoms with van der Waals surface area (Å²) < 4.78 is 5.88. The van der Waals surface area contributed by atoms with Gasteiger partial charge in [-0.1, -0.05) is 42.0 Å². The lowest BCUT2D eigenvalue weighted by Crippen LogP contribution is -2.29. The maximum absolute atomic E-state index is 13.8. The van der Waals surface area contributed by atoms with Crippen LogP contribution in [0.3, 0.4) is 0 Å². The molecule has 0 radical (unpaired) electrons. The number of amides is 1. The molecule has 208 valence electrons. The number of allylic oxidation sites excluding steroid dienone is 6. The molecule has 41 heavy (non-hydrogen) atoms. The third kappa shape index (κ3) is 4.54. The average Bonchev–Trinajstić information content (AvgIpc) is 3.67. The highest BCUT2D eigenvalue weighted by Gasteiger charge is 2.31. The van der Waals surface area contributed by atoms with Gasteiger partial charge in [0.15, 0.2) is 0 Å². The fourth-order valence-electron chi connectivity index (χ4n) is 6.64. The Bertz CT molecular complexity index is 1850. The van der Waals surface area contributed by atoms with Crippen molar-refractivity contribution in [2.24, 2.45) is 0 Å². The lowest BCUT2D eigenvalue weighted by atomic mass is 9.99. The van der Waals surface area contributed by atoms with Crippen LogP contribution in [0.15, 0.2) is 83.5 Å². The van der Waals surface area contributed by atoms with Crippen LogP contribution >= 0.6 is 24.6 Å². The highest BCUT2D eigenvalue weighted by molar-refractivity contribution is 7.80. The number of aromatic nitrogens is 1. The Morgan fingerprint density at radius 1 is 1.05 bits per heavy atom. The molecule has 4 aromatic rings. The van der Waals surface area contributed by atoms with Gasteiger partial charge >= 0.3 is 0 Å². The lowest BCUT2D eigenvalue weighted by Gasteiger charge is -2.23. The van der Waals surface area contributed by atoms with Gasteiger partial charge in [0.1, 0.15) is 11.4 Å². The Hall–Kier alpha value is -3.91. The van der Waals surface area contributed by atoms with E-state index in [1.54, 1.807) is 0 Å². The molecule has 4 N–H and O–H groups in total. The number of hydrogen-bond acceptors (Lipinski definition) is 3. The van der Waals surface area contributed by atoms with Crippen LogP contribution in [-0.2, 0) is 12.8 Å². The number of thiocarbonyl (C=S) groups is 1. The number of hydrogen-bond donors (Lipinski definition) is 2. The van der Waals surface area contributed by atoms with E-state index in [0.29, 0.717) is 23.2 Å². The Morgan fingerprint density at radius 2 is 1.95 bits per heavy atom. The van der Waals surface area contributed by atoms with Crippen LogP contribution in [0.25, 0.3) is 21.7 Å². The van der Waals surface area contributed by atoms with Crippen LogP contribution in [0.4, 0.5) is 11.4 Å². The summed E-state index contributed by atoms with van der Waals surface area (Å²) in [6, 6.07) is 16.6. The van der Waals surface area contributed by atoms with E-state index >= 15 is 0 Å². The van der Waals surface area contributed by atoms with Gasteiger partial charge in [-0.15, -0.1) is 12.4 Å². The van der Waals surface area contributed by atoms with Crippen LogP contribution in [-0.4, -0.2) is 28.1 Å². The molecule has 1 aromatic heterocycles. The molecule has 0 fully saturated rings. The zero-order valence-corrected chi connectivity index (χ0v) is 24.0. The minimum atomic E-state index is -0.0217. The molecular formula is C33H30ClN3O3S. The van der Waals surface area contributed by atoms with E-state index in [2.05, 4.69) is 52.8 Å². The first-order valence-corrected chi connectivity index (χ1v) is 14.1. The molecule has 0 saturated heterocycles. The normalized spacial score (nSPS) is 16.5. The zero-order valence-electron chi connectivity index (χ0n) is 22.4. The smallest absolute Gasteiger partial charge is 0.274 e. The number of ether oxygens (including phenoxy) is 1. The van der Waals surface area contributed by atoms with Crippen molar-refractivity contribution < 1.29 is 15.0 Å². The Balaban J connectivity index is 0.00000151. The van der Waals surface area contributed by atoms with Gasteiger partial charge in [0, 0.05) is 28.9 Å². The number of aromatic amines is 1. The first-order valence-electron chi connectivity index (χ1n) is 13.7. The van der Waals surface area contributed by atoms with Crippen LogP contribution in [0.5, 0.6) is 5.75 Å². The molecule has 1 amide bonds. The van der Waals surface area contributed by atoms with Gasteiger partial charge in [-0.2, -0.15) is 0 Å². The van der Waals surface area contributed by atoms with E-state index in [1.807, 2.05) is 29.2 Å². The number of anilines is 2. The lowest BCUT2D eigenvalue weighted by molar-refractivity contribution is 0.0985. The number of nitrogens with zero attached hydrogens (tertiary/aromatic N) is 1. The van der Waals surface area contributed by atoms with Crippen molar-refractivity contribution in [2.45, 2.75) is 38.5 Å². The van der Waals surface area contributed by atoms with Crippen molar-refractivity contribution in [3.8, 4) is 5.75 Å². The number of benzene rings is 3. The SMILES string of the molecule is Cl.O.O=C(c1cc2cc(CCC3=CC4=C(C=CCC4)C3)ccc2[nH]1)N1CCc2c1cc1c3c(cccc23)NC(=S)O1. The summed E-state index contributed by atoms with van der Waals surface area (Å²) >= 11 is 5.31. The molecular weight excluding hydrogens is 554 g/mol. The van der Waals surface area contributed by atoms with Gasteiger partial charge in [-0.3, -0.25) is 4.79 Å². The molecule has 0 atom stereocenters. The van der Waals surface area contributed by atoms with E-state index in [0.717, 1.165) is 65.2 Å². The predicted molar refractivity (Wildman–Crippen MR) is 172 cm³/mol. The summed E-state index contributed by atoms with van der Waals surface area (Å²) in [5.41, 5.74) is 10.5. The quantitative estimate of drug-likeness (QED) is 0.250. The standard InChI is InChI=1S/C33H27N3O2S.ClH.H2O/c37-32(36-13-12-24-25-6-3-7-27-31(25)30(18-29(24)36)38-33(39)35-27)28-17-23-14-19(10-11-26(23)34-28)8-9-20-15-21-4-1-2-5-22(21)16-20;;/h1,3-4,6-7,10-11,14,16-18,34H,2,5,8-9,12-13,15H2,(H,35,39);1H;1H2. The first kappa shape index (κ1) is 27.3. The van der Waals surface area contributed by atoms with E-state index in [1.165, 1.54) is 34.3 Å². The number of halogens is 1. The summed E-state index contributed by atoms with van der Waals surface area (Å²) in [6.45, 7) is 0.637. The van der Waals surface area contributed by atoms with Gasteiger partial charge in [0.2, 0.25) is 0 Å². The number of fused-ring (bicyclic) bond motifs is 3. The van der Waals surface area contributed by atoms with Crippen molar-refractivity contribution in [1.82, 2.24) is 4.98 Å². The Labute approximate surface area is 249 Å². The van der Waals surface area contributed by atoms with Crippen molar-refractivity contribution in [1.29, 1.82) is 0 Å². The average molecular weight is 584 g/mol. The fourth-order valence-corrected chi connectivity index (χ4v) is 6.84. The molecule has 8 rings (SSSR count). The van der Waals surface area contributed by atoms with E-state index in [9.17, 15) is 4.79 Å². The summed E-state index contributed by atoms with van der Waals surface area (Å²) in [4.78, 5) is 19.0. The highest BCUT2D eigenvalue weighted by Crippen LogP contribution is 2.45. The first-order chi connectivity index (χ1) is 19.1. The molecule has 0 saturated carbocycles. The van der Waals surface area contributed by atoms with E-state index < -0.39 is 0 Å². The fraction of sp³-hybridized carbons (Fsp3) is 0.212. The number of carbonyl (C=O) groups is 1. The minimum Gasteiger partial charge on any atom is -0.431 e. The van der Waals surface area contributed by atoms with Gasteiger partial charge in [0.25, 0.3) is 11.1 Å². The van der Waals surface area contributed by atoms with Crippen molar-refractivity contribution in [3.63, 3.8) is 0 Å². The van der Waals surface area contributed by atoms with Gasteiger partial charge in [0.05, 0.1) is 11.4 Å². The third-order valence-corrected chi connectivity index (χ3v) is 8.72. The number of aryl methyl sites for hydroxylation is 1. The molecule has 6 nitrogen and oxygen atoms in total. The molecule has 0 unspecified atom stereocenters. The molecule has 0 bridgehead atoms.